The van der Waals surface area contributed by atoms with E-state index < -0.39 is 15.8 Å². The summed E-state index contributed by atoms with van der Waals surface area (Å²) in [5.74, 6) is 0.792. The molecule has 2 aliphatic rings. The molecule has 1 amide bonds. The van der Waals surface area contributed by atoms with Gasteiger partial charge in [0.15, 0.2) is 5.65 Å². The third-order valence-electron chi connectivity index (χ3n) is 8.26. The summed E-state index contributed by atoms with van der Waals surface area (Å²) < 4.78 is 40.2. The molecule has 1 aliphatic heterocycles. The fourth-order valence-electron chi connectivity index (χ4n) is 6.27. The van der Waals surface area contributed by atoms with E-state index in [9.17, 15) is 17.6 Å². The van der Waals surface area contributed by atoms with Gasteiger partial charge in [-0.05, 0) is 84.5 Å². The largest absolute Gasteiger partial charge is 0.339 e. The summed E-state index contributed by atoms with van der Waals surface area (Å²) in [6.07, 6.45) is 10.4. The summed E-state index contributed by atoms with van der Waals surface area (Å²) >= 11 is 0. The van der Waals surface area contributed by atoms with Gasteiger partial charge in [0.25, 0.3) is 0 Å². The molecule has 11 nitrogen and oxygen atoms in total. The number of sulfonamides is 1. The quantitative estimate of drug-likeness (QED) is 0.191. The van der Waals surface area contributed by atoms with E-state index in [-0.39, 0.29) is 36.4 Å². The number of fused-ring (bicyclic) bond motifs is 2. The zero-order valence-electron chi connectivity index (χ0n) is 24.0. The Kier molecular flexibility index (Phi) is 8.23. The fourth-order valence-corrected chi connectivity index (χ4v) is 6.70. The number of H-pyrrole nitrogens is 1. The molecule has 4 aromatic rings. The van der Waals surface area contributed by atoms with Crippen LogP contribution in [0.15, 0.2) is 48.9 Å². The Bertz CT molecular complexity index is 1760. The molecule has 4 unspecified atom stereocenters. The molecule has 43 heavy (non-hydrogen) atoms. The summed E-state index contributed by atoms with van der Waals surface area (Å²) in [5.41, 5.74) is 11.8. The van der Waals surface area contributed by atoms with Crippen LogP contribution < -0.4 is 20.9 Å². The van der Waals surface area contributed by atoms with E-state index in [1.165, 1.54) is 12.1 Å². The second-order valence-corrected chi connectivity index (χ2v) is 13.3. The first-order chi connectivity index (χ1) is 20.7. The second-order valence-electron chi connectivity index (χ2n) is 11.5. The van der Waals surface area contributed by atoms with Crippen molar-refractivity contribution in [1.82, 2.24) is 35.5 Å². The highest BCUT2D eigenvalue weighted by atomic mass is 32.2. The van der Waals surface area contributed by atoms with E-state index >= 15 is 0 Å². The molecule has 6 rings (SSSR count). The molecular formula is C30H35FN8O3S. The van der Waals surface area contributed by atoms with E-state index in [1.807, 2.05) is 19.2 Å². The van der Waals surface area contributed by atoms with E-state index in [0.29, 0.717) is 28.7 Å². The number of benzene rings is 1. The van der Waals surface area contributed by atoms with E-state index in [0.717, 1.165) is 54.6 Å². The van der Waals surface area contributed by atoms with E-state index in [2.05, 4.69) is 35.8 Å². The van der Waals surface area contributed by atoms with Gasteiger partial charge in [0.05, 0.1) is 29.7 Å². The first kappa shape index (κ1) is 29.3. The smallest absolute Gasteiger partial charge is 0.224 e. The van der Waals surface area contributed by atoms with Crippen LogP contribution in [0.25, 0.3) is 22.3 Å². The lowest BCUT2D eigenvalue weighted by Gasteiger charge is -2.33. The zero-order valence-corrected chi connectivity index (χ0v) is 24.8. The number of imidazole rings is 1. The maximum Gasteiger partial charge on any atom is 0.224 e. The van der Waals surface area contributed by atoms with Crippen LogP contribution in [-0.2, 0) is 21.4 Å². The van der Waals surface area contributed by atoms with E-state index in [1.54, 1.807) is 24.5 Å². The van der Waals surface area contributed by atoms with Crippen molar-refractivity contribution in [2.75, 3.05) is 11.6 Å². The third-order valence-corrected chi connectivity index (χ3v) is 8.92. The van der Waals surface area contributed by atoms with Gasteiger partial charge in [-0.15, -0.1) is 0 Å². The number of aromatic amines is 1. The maximum atomic E-state index is 14.6. The number of carbonyl (C=O) groups is 1. The van der Waals surface area contributed by atoms with Crippen molar-refractivity contribution in [2.24, 2.45) is 5.92 Å². The Labute approximate surface area is 249 Å². The van der Waals surface area contributed by atoms with Crippen molar-refractivity contribution in [3.63, 3.8) is 0 Å². The Hall–Kier alpha value is -3.78. The van der Waals surface area contributed by atoms with Gasteiger partial charge >= 0.3 is 0 Å². The van der Waals surface area contributed by atoms with Crippen molar-refractivity contribution in [2.45, 2.75) is 63.6 Å². The highest BCUT2D eigenvalue weighted by Crippen LogP contribution is 2.44. The molecule has 2 fully saturated rings. The van der Waals surface area contributed by atoms with Crippen molar-refractivity contribution in [3.8, 4) is 11.1 Å². The second kappa shape index (κ2) is 12.1. The number of nitrogens with zero attached hydrogens (tertiary/aromatic N) is 3. The minimum absolute atomic E-state index is 0.00712. The summed E-state index contributed by atoms with van der Waals surface area (Å²) in [7, 11) is -3.43. The van der Waals surface area contributed by atoms with Gasteiger partial charge in [-0.3, -0.25) is 15.2 Å². The molecule has 0 bridgehead atoms. The highest BCUT2D eigenvalue weighted by molar-refractivity contribution is 7.88. The summed E-state index contributed by atoms with van der Waals surface area (Å²) in [6, 6.07) is 8.51. The van der Waals surface area contributed by atoms with Crippen LogP contribution in [0.5, 0.6) is 0 Å². The Morgan fingerprint density at radius 2 is 2.00 bits per heavy atom. The number of anilines is 1. The van der Waals surface area contributed by atoms with Crippen molar-refractivity contribution < 1.29 is 17.6 Å². The number of hydrazine groups is 1. The number of hydrogen-bond acceptors (Lipinski definition) is 8. The van der Waals surface area contributed by atoms with Crippen LogP contribution in [0.4, 0.5) is 10.1 Å². The fraction of sp³-hybridized carbons (Fsp3) is 0.400. The van der Waals surface area contributed by atoms with Crippen molar-refractivity contribution in [1.29, 1.82) is 0 Å². The average Bonchev–Trinajstić information content (AvgIpc) is 3.59. The molecule has 4 heterocycles. The number of pyridine rings is 2. The predicted molar refractivity (Wildman–Crippen MR) is 162 cm³/mol. The number of nitrogens with one attached hydrogen (secondary N) is 5. The molecule has 0 radical (unpaired) electrons. The minimum Gasteiger partial charge on any atom is -0.339 e. The standard InChI is InChI=1S/C30H35FN8O3S/c1-3-4-26(40)35-22-12-20(15-32-16-22)18-5-6-25-24(13-18)28(39-38-25)30-36-27-23(7-8-33-29(27)37-30)19-9-17(10-21(31)11-19)14-34-43(2,41)42/h7-12,15-16,18,24-25,28,34,38-39H,3-6,13-14H2,1-2H3,(H,35,40)(H,33,36,37). The lowest BCUT2D eigenvalue weighted by Crippen LogP contribution is -2.34. The van der Waals surface area contributed by atoms with Crippen LogP contribution in [0.1, 0.15) is 67.9 Å². The number of aromatic nitrogens is 4. The molecule has 5 N–H and O–H groups in total. The van der Waals surface area contributed by atoms with Crippen LogP contribution >= 0.6 is 0 Å². The van der Waals surface area contributed by atoms with Gasteiger partial charge in [-0.2, -0.15) is 0 Å². The molecule has 226 valence electrons. The predicted octanol–water partition coefficient (Wildman–Crippen LogP) is 4.05. The van der Waals surface area contributed by atoms with Crippen LogP contribution in [0.3, 0.4) is 0 Å². The highest BCUT2D eigenvalue weighted by Gasteiger charge is 2.42. The van der Waals surface area contributed by atoms with Crippen molar-refractivity contribution in [3.05, 3.63) is 71.7 Å². The summed E-state index contributed by atoms with van der Waals surface area (Å²) in [6.45, 7) is 1.96. The number of rotatable bonds is 9. The third kappa shape index (κ3) is 6.59. The Morgan fingerprint density at radius 3 is 2.81 bits per heavy atom. The first-order valence-electron chi connectivity index (χ1n) is 14.5. The minimum atomic E-state index is -3.43. The summed E-state index contributed by atoms with van der Waals surface area (Å²) in [5, 5.41) is 2.96. The Morgan fingerprint density at radius 1 is 1.14 bits per heavy atom. The number of carbonyl (C=O) groups excluding carboxylic acids is 1. The van der Waals surface area contributed by atoms with Gasteiger partial charge in [-0.25, -0.2) is 32.9 Å². The number of halogens is 1. The summed E-state index contributed by atoms with van der Waals surface area (Å²) in [4.78, 5) is 29.3. The number of amides is 1. The Balaban J connectivity index is 1.25. The zero-order chi connectivity index (χ0) is 30.1. The van der Waals surface area contributed by atoms with E-state index in [4.69, 9.17) is 4.98 Å². The molecule has 1 aromatic carbocycles. The monoisotopic (exact) mass is 606 g/mol. The lowest BCUT2D eigenvalue weighted by molar-refractivity contribution is -0.116. The van der Waals surface area contributed by atoms with Gasteiger partial charge in [-0.1, -0.05) is 6.92 Å². The molecule has 3 aromatic heterocycles. The molecule has 4 atom stereocenters. The van der Waals surface area contributed by atoms with Crippen LogP contribution in [-0.4, -0.2) is 46.6 Å². The van der Waals surface area contributed by atoms with Gasteiger partial charge in [0.2, 0.25) is 15.9 Å². The number of hydrogen-bond donors (Lipinski definition) is 5. The van der Waals surface area contributed by atoms with Crippen LogP contribution in [0.2, 0.25) is 0 Å². The maximum absolute atomic E-state index is 14.6. The van der Waals surface area contributed by atoms with Crippen LogP contribution in [0, 0.1) is 11.7 Å². The van der Waals surface area contributed by atoms with Gasteiger partial charge in [0, 0.05) is 37.0 Å². The van der Waals surface area contributed by atoms with Gasteiger partial charge < -0.3 is 10.3 Å². The molecule has 13 heteroatoms. The average molecular weight is 607 g/mol. The lowest BCUT2D eigenvalue weighted by atomic mass is 9.73. The first-order valence-corrected chi connectivity index (χ1v) is 16.4. The normalized spacial score (nSPS) is 22.0. The molecular weight excluding hydrogens is 571 g/mol. The molecule has 1 saturated heterocycles. The molecule has 1 aliphatic carbocycles. The topological polar surface area (TPSA) is 154 Å². The molecule has 1 saturated carbocycles. The molecule has 0 spiro atoms. The SMILES string of the molecule is CCCC(=O)Nc1cncc(C2CCC3NNC(c4nc5nccc(-c6cc(F)cc(CNS(C)(=O)=O)c6)c5[nH]4)C3C2)c1. The van der Waals surface area contributed by atoms with Gasteiger partial charge in [0.1, 0.15) is 11.6 Å². The van der Waals surface area contributed by atoms with Crippen molar-refractivity contribution >= 4 is 32.8 Å².